The summed E-state index contributed by atoms with van der Waals surface area (Å²) in [7, 11) is 0. The summed E-state index contributed by atoms with van der Waals surface area (Å²) in [4.78, 5) is 29.8. The van der Waals surface area contributed by atoms with Crippen molar-refractivity contribution >= 4 is 35.3 Å². The number of hydrogen-bond donors (Lipinski definition) is 3. The number of rotatable bonds is 4. The number of aliphatic imine (C=N–C) groups is 1. The molecule has 0 radical (unpaired) electrons. The summed E-state index contributed by atoms with van der Waals surface area (Å²) in [6.07, 6.45) is 3.41. The molecule has 2 aromatic rings. The molecule has 0 unspecified atom stereocenters. The Bertz CT molecular complexity index is 997. The van der Waals surface area contributed by atoms with Gasteiger partial charge in [-0.3, -0.25) is 9.79 Å². The van der Waals surface area contributed by atoms with Crippen molar-refractivity contribution in [3.63, 3.8) is 0 Å². The first-order chi connectivity index (χ1) is 13.6. The summed E-state index contributed by atoms with van der Waals surface area (Å²) in [5, 5.41) is 15.1. The Balaban J connectivity index is 1.53. The van der Waals surface area contributed by atoms with Crippen LogP contribution in [0.3, 0.4) is 0 Å². The molecule has 0 atom stereocenters. The standard InChI is InChI=1S/C21H20N4O3/c26-19(27)7-5-14-4-6-18-15(12-14)8-11-25(18)20(28)16-2-1-3-17(13-16)24-21-22-9-10-23-21/h1-7,12-13H,8-11H2,(H,26,27)(H2,22,23,24). The lowest BCUT2D eigenvalue weighted by atomic mass is 10.1. The van der Waals surface area contributed by atoms with Crippen LogP contribution in [0.4, 0.5) is 11.4 Å². The molecular formula is C21H20N4O3. The number of amides is 1. The highest BCUT2D eigenvalue weighted by Gasteiger charge is 2.25. The number of fused-ring (bicyclic) bond motifs is 1. The Morgan fingerprint density at radius 1 is 1.21 bits per heavy atom. The van der Waals surface area contributed by atoms with Gasteiger partial charge in [0.1, 0.15) is 0 Å². The van der Waals surface area contributed by atoms with Crippen LogP contribution >= 0.6 is 0 Å². The lowest BCUT2D eigenvalue weighted by Gasteiger charge is -2.18. The minimum absolute atomic E-state index is 0.0578. The van der Waals surface area contributed by atoms with Gasteiger partial charge >= 0.3 is 5.97 Å². The zero-order valence-corrected chi connectivity index (χ0v) is 15.2. The molecule has 7 heteroatoms. The van der Waals surface area contributed by atoms with Gasteiger partial charge < -0.3 is 20.6 Å². The van der Waals surface area contributed by atoms with Crippen LogP contribution in [0.25, 0.3) is 6.08 Å². The number of carbonyl (C=O) groups is 2. The van der Waals surface area contributed by atoms with Crippen LogP contribution in [-0.2, 0) is 11.2 Å². The quantitative estimate of drug-likeness (QED) is 0.712. The molecule has 28 heavy (non-hydrogen) atoms. The number of aliphatic carboxylic acids is 1. The van der Waals surface area contributed by atoms with Gasteiger partial charge in [-0.1, -0.05) is 12.1 Å². The number of nitrogens with one attached hydrogen (secondary N) is 2. The first kappa shape index (κ1) is 17.8. The van der Waals surface area contributed by atoms with Crippen LogP contribution in [0.15, 0.2) is 53.5 Å². The van der Waals surface area contributed by atoms with Crippen molar-refractivity contribution in [1.29, 1.82) is 0 Å². The van der Waals surface area contributed by atoms with Gasteiger partial charge in [0, 0.05) is 36.1 Å². The van der Waals surface area contributed by atoms with Gasteiger partial charge in [0.15, 0.2) is 5.96 Å². The minimum atomic E-state index is -0.982. The molecule has 1 amide bonds. The van der Waals surface area contributed by atoms with E-state index in [1.54, 1.807) is 17.0 Å². The van der Waals surface area contributed by atoms with E-state index in [4.69, 9.17) is 5.11 Å². The number of benzene rings is 2. The third kappa shape index (κ3) is 3.73. The average molecular weight is 376 g/mol. The molecule has 2 aromatic carbocycles. The first-order valence-electron chi connectivity index (χ1n) is 9.11. The number of anilines is 2. The maximum Gasteiger partial charge on any atom is 0.328 e. The molecular weight excluding hydrogens is 356 g/mol. The number of carbonyl (C=O) groups excluding carboxylic acids is 1. The average Bonchev–Trinajstić information content (AvgIpc) is 3.35. The third-order valence-corrected chi connectivity index (χ3v) is 4.71. The van der Waals surface area contributed by atoms with Crippen LogP contribution in [-0.4, -0.2) is 42.6 Å². The summed E-state index contributed by atoms with van der Waals surface area (Å²) in [5.41, 5.74) is 4.14. The van der Waals surface area contributed by atoms with E-state index < -0.39 is 5.97 Å². The Labute approximate surface area is 162 Å². The molecule has 2 aliphatic rings. The highest BCUT2D eigenvalue weighted by molar-refractivity contribution is 6.08. The summed E-state index contributed by atoms with van der Waals surface area (Å²) in [5.74, 6) is -0.319. The fraction of sp³-hybridized carbons (Fsp3) is 0.190. The first-order valence-corrected chi connectivity index (χ1v) is 9.11. The lowest BCUT2D eigenvalue weighted by molar-refractivity contribution is -0.131. The second-order valence-corrected chi connectivity index (χ2v) is 6.63. The van der Waals surface area contributed by atoms with Crippen LogP contribution in [0.1, 0.15) is 21.5 Å². The van der Waals surface area contributed by atoms with Crippen molar-refractivity contribution in [1.82, 2.24) is 5.32 Å². The summed E-state index contributed by atoms with van der Waals surface area (Å²) >= 11 is 0. The van der Waals surface area contributed by atoms with Gasteiger partial charge in [-0.25, -0.2) is 4.79 Å². The summed E-state index contributed by atoms with van der Waals surface area (Å²) < 4.78 is 0. The summed E-state index contributed by atoms with van der Waals surface area (Å²) in [6, 6.07) is 13.0. The van der Waals surface area contributed by atoms with Crippen LogP contribution in [0.2, 0.25) is 0 Å². The van der Waals surface area contributed by atoms with E-state index in [0.29, 0.717) is 12.1 Å². The third-order valence-electron chi connectivity index (χ3n) is 4.71. The predicted octanol–water partition coefficient (Wildman–Crippen LogP) is 2.36. The molecule has 2 heterocycles. The van der Waals surface area contributed by atoms with Crippen molar-refractivity contribution in [2.24, 2.45) is 4.99 Å². The van der Waals surface area contributed by atoms with Crippen molar-refractivity contribution < 1.29 is 14.7 Å². The molecule has 0 bridgehead atoms. The molecule has 0 saturated heterocycles. The van der Waals surface area contributed by atoms with Crippen molar-refractivity contribution in [2.75, 3.05) is 29.9 Å². The molecule has 0 fully saturated rings. The fourth-order valence-corrected chi connectivity index (χ4v) is 3.41. The lowest BCUT2D eigenvalue weighted by Crippen LogP contribution is -2.29. The van der Waals surface area contributed by atoms with Gasteiger partial charge in [-0.15, -0.1) is 0 Å². The van der Waals surface area contributed by atoms with Gasteiger partial charge in [-0.2, -0.15) is 0 Å². The fourth-order valence-electron chi connectivity index (χ4n) is 3.41. The Morgan fingerprint density at radius 2 is 2.11 bits per heavy atom. The molecule has 4 rings (SSSR count). The van der Waals surface area contributed by atoms with Crippen LogP contribution < -0.4 is 15.5 Å². The van der Waals surface area contributed by atoms with E-state index in [0.717, 1.165) is 54.0 Å². The molecule has 3 N–H and O–H groups in total. The van der Waals surface area contributed by atoms with E-state index in [1.165, 1.54) is 0 Å². The molecule has 0 saturated carbocycles. The second-order valence-electron chi connectivity index (χ2n) is 6.63. The number of carboxylic acid groups (broad SMARTS) is 1. The molecule has 142 valence electrons. The van der Waals surface area contributed by atoms with E-state index in [9.17, 15) is 9.59 Å². The highest BCUT2D eigenvalue weighted by atomic mass is 16.4. The zero-order chi connectivity index (χ0) is 19.5. The molecule has 0 aliphatic carbocycles. The Kier molecular flexibility index (Phi) is 4.80. The van der Waals surface area contributed by atoms with E-state index in [1.807, 2.05) is 36.4 Å². The van der Waals surface area contributed by atoms with E-state index >= 15 is 0 Å². The largest absolute Gasteiger partial charge is 0.478 e. The van der Waals surface area contributed by atoms with Gasteiger partial charge in [-0.05, 0) is 54.0 Å². The van der Waals surface area contributed by atoms with Crippen LogP contribution in [0.5, 0.6) is 0 Å². The molecule has 0 spiro atoms. The maximum atomic E-state index is 13.1. The van der Waals surface area contributed by atoms with Crippen molar-refractivity contribution in [2.45, 2.75) is 6.42 Å². The summed E-state index contributed by atoms with van der Waals surface area (Å²) in [6.45, 7) is 2.16. The van der Waals surface area contributed by atoms with E-state index in [2.05, 4.69) is 15.6 Å². The number of hydrogen-bond acceptors (Lipinski definition) is 5. The maximum absolute atomic E-state index is 13.1. The smallest absolute Gasteiger partial charge is 0.328 e. The number of nitrogens with zero attached hydrogens (tertiary/aromatic N) is 2. The van der Waals surface area contributed by atoms with Gasteiger partial charge in [0.2, 0.25) is 0 Å². The van der Waals surface area contributed by atoms with Gasteiger partial charge in [0.05, 0.1) is 6.54 Å². The van der Waals surface area contributed by atoms with Crippen molar-refractivity contribution in [3.8, 4) is 0 Å². The SMILES string of the molecule is O=C(O)C=Cc1ccc2c(c1)CCN2C(=O)c1cccc(NC2=NCCN2)c1. The van der Waals surface area contributed by atoms with Crippen molar-refractivity contribution in [3.05, 3.63) is 65.2 Å². The Hall–Kier alpha value is -3.61. The Morgan fingerprint density at radius 3 is 2.89 bits per heavy atom. The molecule has 0 aromatic heterocycles. The topological polar surface area (TPSA) is 94.0 Å². The predicted molar refractivity (Wildman–Crippen MR) is 109 cm³/mol. The van der Waals surface area contributed by atoms with E-state index in [-0.39, 0.29) is 5.91 Å². The monoisotopic (exact) mass is 376 g/mol. The zero-order valence-electron chi connectivity index (χ0n) is 15.2. The number of guanidine groups is 1. The molecule has 7 nitrogen and oxygen atoms in total. The number of carboxylic acids is 1. The highest BCUT2D eigenvalue weighted by Crippen LogP contribution is 2.31. The normalized spacial score (nSPS) is 15.3. The molecule has 2 aliphatic heterocycles. The second kappa shape index (κ2) is 7.56. The van der Waals surface area contributed by atoms with Gasteiger partial charge in [0.25, 0.3) is 5.91 Å². The minimum Gasteiger partial charge on any atom is -0.478 e. The van der Waals surface area contributed by atoms with Crippen LogP contribution in [0, 0.1) is 0 Å².